The number of carbonyl (C=O) groups is 1. The van der Waals surface area contributed by atoms with Crippen LogP contribution in [-0.2, 0) is 0 Å². The van der Waals surface area contributed by atoms with Gasteiger partial charge in [0, 0.05) is 28.7 Å². The van der Waals surface area contributed by atoms with Gasteiger partial charge in [-0.3, -0.25) is 15.3 Å². The first-order valence-electron chi connectivity index (χ1n) is 8.89. The standard InChI is InChI=1S/C19H17Cl2N5OS2/c20-11-2-1-3-12(8-11)25-18(27)26-19-24-9-13(29-19)4-6-22-16-14(21)10-23-15-5-7-28-17(15)16/h1-3,5,7-8,10,13H,4,6,9H2,(H,22,23)(H2,24,25,26,27). The molecule has 29 heavy (non-hydrogen) atoms. The number of halogens is 2. The van der Waals surface area contributed by atoms with Crippen LogP contribution in [0.3, 0.4) is 0 Å². The minimum Gasteiger partial charge on any atom is -0.383 e. The molecule has 3 heterocycles. The number of urea groups is 1. The Kier molecular flexibility index (Phi) is 6.44. The molecule has 3 N–H and O–H groups in total. The normalized spacial score (nSPS) is 15.9. The summed E-state index contributed by atoms with van der Waals surface area (Å²) in [7, 11) is 0. The molecule has 0 spiro atoms. The van der Waals surface area contributed by atoms with E-state index in [1.165, 1.54) is 0 Å². The lowest BCUT2D eigenvalue weighted by atomic mass is 10.3. The highest BCUT2D eigenvalue weighted by Gasteiger charge is 2.21. The van der Waals surface area contributed by atoms with Crippen molar-refractivity contribution in [1.82, 2.24) is 10.3 Å². The lowest BCUT2D eigenvalue weighted by molar-refractivity contribution is 0.256. The Hall–Kier alpha value is -2.00. The zero-order chi connectivity index (χ0) is 20.2. The van der Waals surface area contributed by atoms with Gasteiger partial charge in [-0.1, -0.05) is 41.0 Å². The smallest absolute Gasteiger partial charge is 0.325 e. The van der Waals surface area contributed by atoms with Gasteiger partial charge in [0.1, 0.15) is 0 Å². The minimum atomic E-state index is -0.332. The van der Waals surface area contributed by atoms with Gasteiger partial charge in [-0.25, -0.2) is 4.79 Å². The van der Waals surface area contributed by atoms with E-state index in [-0.39, 0.29) is 6.03 Å². The molecule has 1 unspecified atom stereocenters. The number of amides is 2. The summed E-state index contributed by atoms with van der Waals surface area (Å²) in [6.45, 7) is 1.42. The first-order valence-corrected chi connectivity index (χ1v) is 11.4. The molecular formula is C19H17Cl2N5OS2. The van der Waals surface area contributed by atoms with Crippen LogP contribution >= 0.6 is 46.3 Å². The van der Waals surface area contributed by atoms with E-state index in [2.05, 4.69) is 25.9 Å². The van der Waals surface area contributed by atoms with Gasteiger partial charge in [0.15, 0.2) is 5.17 Å². The third-order valence-corrected chi connectivity index (χ3v) is 6.83. The number of carbonyl (C=O) groups excluding carboxylic acids is 1. The fraction of sp³-hybridized carbons (Fsp3) is 0.211. The van der Waals surface area contributed by atoms with Crippen molar-refractivity contribution in [1.29, 1.82) is 0 Å². The number of benzene rings is 1. The van der Waals surface area contributed by atoms with Crippen molar-refractivity contribution in [2.75, 3.05) is 23.7 Å². The van der Waals surface area contributed by atoms with Gasteiger partial charge in [0.2, 0.25) is 0 Å². The van der Waals surface area contributed by atoms with Crippen LogP contribution in [0.15, 0.2) is 46.9 Å². The second-order valence-corrected chi connectivity index (χ2v) is 9.36. The van der Waals surface area contributed by atoms with Gasteiger partial charge in [-0.15, -0.1) is 11.3 Å². The number of hydrogen-bond donors (Lipinski definition) is 3. The van der Waals surface area contributed by atoms with Gasteiger partial charge in [-0.2, -0.15) is 0 Å². The first kappa shape index (κ1) is 20.3. The van der Waals surface area contributed by atoms with Gasteiger partial charge in [-0.05, 0) is 36.1 Å². The van der Waals surface area contributed by atoms with Crippen molar-refractivity contribution >= 4 is 79.1 Å². The highest BCUT2D eigenvalue weighted by molar-refractivity contribution is 8.14. The Morgan fingerprint density at radius 1 is 1.24 bits per heavy atom. The van der Waals surface area contributed by atoms with E-state index in [0.29, 0.717) is 32.7 Å². The van der Waals surface area contributed by atoms with Crippen LogP contribution in [0.4, 0.5) is 16.2 Å². The van der Waals surface area contributed by atoms with E-state index in [1.807, 2.05) is 11.4 Å². The maximum absolute atomic E-state index is 12.1. The average molecular weight is 466 g/mol. The topological polar surface area (TPSA) is 78.4 Å². The van der Waals surface area contributed by atoms with E-state index < -0.39 is 0 Å². The molecule has 1 atom stereocenters. The maximum Gasteiger partial charge on any atom is 0.325 e. The lowest BCUT2D eigenvalue weighted by Gasteiger charge is -2.12. The molecule has 150 valence electrons. The summed E-state index contributed by atoms with van der Waals surface area (Å²) < 4.78 is 1.06. The van der Waals surface area contributed by atoms with Crippen molar-refractivity contribution in [3.8, 4) is 0 Å². The largest absolute Gasteiger partial charge is 0.383 e. The predicted octanol–water partition coefficient (Wildman–Crippen LogP) is 5.70. The maximum atomic E-state index is 12.1. The number of nitrogens with zero attached hydrogens (tertiary/aromatic N) is 2. The highest BCUT2D eigenvalue weighted by atomic mass is 35.5. The SMILES string of the molecule is O=C(NC1=NCC(CCNc2c(Cl)cnc3ccsc23)S1)Nc1cccc(Cl)c1. The molecule has 0 bridgehead atoms. The molecule has 1 aromatic carbocycles. The molecule has 0 aliphatic carbocycles. The van der Waals surface area contributed by atoms with Crippen molar-refractivity contribution in [3.05, 3.63) is 52.0 Å². The first-order chi connectivity index (χ1) is 14.1. The van der Waals surface area contributed by atoms with Crippen LogP contribution < -0.4 is 16.0 Å². The van der Waals surface area contributed by atoms with Crippen molar-refractivity contribution < 1.29 is 4.79 Å². The number of amidine groups is 1. The second-order valence-electron chi connectivity index (χ2n) is 6.31. The summed E-state index contributed by atoms with van der Waals surface area (Å²) in [5.41, 5.74) is 2.50. The molecule has 1 aliphatic heterocycles. The molecule has 2 aromatic heterocycles. The fourth-order valence-corrected chi connectivity index (χ4v) is 5.21. The number of nitrogens with one attached hydrogen (secondary N) is 3. The molecule has 0 saturated carbocycles. The fourth-order valence-electron chi connectivity index (χ4n) is 2.88. The summed E-state index contributed by atoms with van der Waals surface area (Å²) >= 11 is 15.4. The highest BCUT2D eigenvalue weighted by Crippen LogP contribution is 2.33. The molecule has 0 radical (unpaired) electrons. The number of thiophene rings is 1. The third kappa shape index (κ3) is 5.14. The number of aliphatic imine (C=N–C) groups is 1. The van der Waals surface area contributed by atoms with Crippen LogP contribution in [0.2, 0.25) is 10.0 Å². The van der Waals surface area contributed by atoms with Crippen LogP contribution in [0.1, 0.15) is 6.42 Å². The number of hydrogen-bond acceptors (Lipinski definition) is 6. The Bertz CT molecular complexity index is 1070. The molecular weight excluding hydrogens is 449 g/mol. The van der Waals surface area contributed by atoms with Crippen LogP contribution in [0.5, 0.6) is 0 Å². The average Bonchev–Trinajstić information content (AvgIpc) is 3.33. The Balaban J connectivity index is 1.24. The zero-order valence-electron chi connectivity index (χ0n) is 15.1. The van der Waals surface area contributed by atoms with Crippen molar-refractivity contribution in [2.45, 2.75) is 11.7 Å². The Morgan fingerprint density at radius 2 is 2.14 bits per heavy atom. The number of pyridine rings is 1. The van der Waals surface area contributed by atoms with Crippen LogP contribution in [0, 0.1) is 0 Å². The number of rotatable bonds is 5. The van der Waals surface area contributed by atoms with E-state index in [4.69, 9.17) is 23.2 Å². The van der Waals surface area contributed by atoms with Crippen LogP contribution in [-0.4, -0.2) is 34.5 Å². The van der Waals surface area contributed by atoms with Crippen LogP contribution in [0.25, 0.3) is 10.2 Å². The summed E-state index contributed by atoms with van der Waals surface area (Å²) in [6, 6.07) is 8.65. The summed E-state index contributed by atoms with van der Waals surface area (Å²) in [5, 5.41) is 13.1. The summed E-state index contributed by atoms with van der Waals surface area (Å²) in [6.07, 6.45) is 2.56. The summed E-state index contributed by atoms with van der Waals surface area (Å²) in [5.74, 6) is 0. The number of fused-ring (bicyclic) bond motifs is 1. The van der Waals surface area contributed by atoms with Crippen molar-refractivity contribution in [2.24, 2.45) is 4.99 Å². The predicted molar refractivity (Wildman–Crippen MR) is 125 cm³/mol. The van der Waals surface area contributed by atoms with E-state index in [0.717, 1.165) is 28.9 Å². The zero-order valence-corrected chi connectivity index (χ0v) is 18.3. The molecule has 4 rings (SSSR count). The summed E-state index contributed by atoms with van der Waals surface area (Å²) in [4.78, 5) is 20.9. The van der Waals surface area contributed by atoms with Gasteiger partial charge in [0.05, 0.1) is 27.5 Å². The Morgan fingerprint density at radius 3 is 3.00 bits per heavy atom. The number of thioether (sulfide) groups is 1. The van der Waals surface area contributed by atoms with Gasteiger partial charge < -0.3 is 10.6 Å². The molecule has 6 nitrogen and oxygen atoms in total. The molecule has 0 fully saturated rings. The monoisotopic (exact) mass is 465 g/mol. The number of aromatic nitrogens is 1. The van der Waals surface area contributed by atoms with E-state index in [1.54, 1.807) is 53.6 Å². The van der Waals surface area contributed by atoms with E-state index in [9.17, 15) is 4.79 Å². The molecule has 3 aromatic rings. The van der Waals surface area contributed by atoms with Crippen molar-refractivity contribution in [3.63, 3.8) is 0 Å². The Labute approximate surface area is 186 Å². The molecule has 2 amide bonds. The third-order valence-electron chi connectivity index (χ3n) is 4.22. The van der Waals surface area contributed by atoms with E-state index >= 15 is 0 Å². The number of anilines is 2. The van der Waals surface area contributed by atoms with Gasteiger partial charge in [0.25, 0.3) is 0 Å². The molecule has 0 saturated heterocycles. The molecule has 10 heteroatoms. The quantitative estimate of drug-likeness (QED) is 0.451. The second kappa shape index (κ2) is 9.21. The lowest BCUT2D eigenvalue weighted by Crippen LogP contribution is -2.32. The minimum absolute atomic E-state index is 0.295. The molecule has 1 aliphatic rings. The van der Waals surface area contributed by atoms with Gasteiger partial charge >= 0.3 is 6.03 Å².